The van der Waals surface area contributed by atoms with Crippen molar-refractivity contribution in [3.8, 4) is 11.5 Å². The number of nitrogens with zero attached hydrogens (tertiary/aromatic N) is 5. The zero-order chi connectivity index (χ0) is 42.9. The van der Waals surface area contributed by atoms with Gasteiger partial charge in [-0.2, -0.15) is 9.97 Å². The molecule has 0 saturated carbocycles. The molecule has 0 spiro atoms. The zero-order valence-electron chi connectivity index (χ0n) is 35.7. The van der Waals surface area contributed by atoms with Gasteiger partial charge in [-0.25, -0.2) is 9.37 Å². The predicted molar refractivity (Wildman–Crippen MR) is 240 cm³/mol. The van der Waals surface area contributed by atoms with E-state index in [1.807, 2.05) is 93.0 Å². The molecular formula is C44H56FIN6O6Si. The standard InChI is InChI=1S/C44H56FIN6O6Si/c1-28(2)39(53)50-41-48-37(51(6)7)35-38(49-41)52(27-47-35)40-34(45)36(58-59(10,11)42(3,4)5)43(25-46,57-40)26-56-44(29-15-13-12-14-16-29,30-17-21-32(54-8)22-18-30)31-19-23-33(55-9)24-20-31/h12-24,27-28,34,36,40H,25-26H2,1-11H3,(H,48,49,50,53)/t34-,36-,40+,43+/m0/s1. The Morgan fingerprint density at radius 2 is 1.51 bits per heavy atom. The van der Waals surface area contributed by atoms with E-state index in [9.17, 15) is 4.79 Å². The largest absolute Gasteiger partial charge is 0.497 e. The van der Waals surface area contributed by atoms with Crippen molar-refractivity contribution in [2.75, 3.05) is 49.6 Å². The molecule has 4 atom stereocenters. The number of rotatable bonds is 15. The minimum Gasteiger partial charge on any atom is -0.497 e. The van der Waals surface area contributed by atoms with Crippen LogP contribution < -0.4 is 19.7 Å². The van der Waals surface area contributed by atoms with E-state index in [1.165, 1.54) is 6.33 Å². The molecule has 1 fully saturated rings. The van der Waals surface area contributed by atoms with Crippen molar-refractivity contribution < 1.29 is 32.6 Å². The Kier molecular flexibility index (Phi) is 13.1. The van der Waals surface area contributed by atoms with Crippen molar-refractivity contribution in [3.05, 3.63) is 102 Å². The van der Waals surface area contributed by atoms with E-state index in [0.717, 1.165) is 16.7 Å². The summed E-state index contributed by atoms with van der Waals surface area (Å²) in [6.07, 6.45) is -2.44. The number of hydrogen-bond donors (Lipinski definition) is 1. The summed E-state index contributed by atoms with van der Waals surface area (Å²) in [5.41, 5.74) is 0.736. The molecule has 316 valence electrons. The number of ether oxygens (including phenoxy) is 4. The van der Waals surface area contributed by atoms with Crippen molar-refractivity contribution >= 4 is 59.7 Å². The van der Waals surface area contributed by atoms with Crippen LogP contribution in [0.3, 0.4) is 0 Å². The predicted octanol–water partition coefficient (Wildman–Crippen LogP) is 8.94. The van der Waals surface area contributed by atoms with Gasteiger partial charge in [-0.1, -0.05) is 112 Å². The summed E-state index contributed by atoms with van der Waals surface area (Å²) in [7, 11) is 4.27. The number of carbonyl (C=O) groups excluding carboxylic acids is 1. The second-order valence-electron chi connectivity index (χ2n) is 17.0. The van der Waals surface area contributed by atoms with Crippen molar-refractivity contribution in [2.45, 2.75) is 82.5 Å². The molecule has 0 bridgehead atoms. The van der Waals surface area contributed by atoms with Crippen LogP contribution >= 0.6 is 22.6 Å². The monoisotopic (exact) mass is 938 g/mol. The molecule has 1 aliphatic rings. The normalized spacial score (nSPS) is 19.9. The van der Waals surface area contributed by atoms with Gasteiger partial charge in [0.1, 0.15) is 28.8 Å². The van der Waals surface area contributed by atoms with Gasteiger partial charge in [-0.05, 0) is 59.1 Å². The molecule has 1 amide bonds. The van der Waals surface area contributed by atoms with Crippen LogP contribution in [0, 0.1) is 5.92 Å². The van der Waals surface area contributed by atoms with Crippen LogP contribution in [0.4, 0.5) is 16.2 Å². The highest BCUT2D eigenvalue weighted by Gasteiger charge is 2.60. The lowest BCUT2D eigenvalue weighted by atomic mass is 9.79. The molecule has 3 aromatic carbocycles. The number of methoxy groups -OCH3 is 2. The van der Waals surface area contributed by atoms with Crippen LogP contribution in [0.25, 0.3) is 11.2 Å². The van der Waals surface area contributed by atoms with E-state index < -0.39 is 38.0 Å². The number of benzene rings is 3. The highest BCUT2D eigenvalue weighted by Crippen LogP contribution is 2.50. The number of nitrogens with one attached hydrogen (secondary N) is 1. The first kappa shape index (κ1) is 44.4. The summed E-state index contributed by atoms with van der Waals surface area (Å²) < 4.78 is 52.6. The number of amides is 1. The van der Waals surface area contributed by atoms with Crippen molar-refractivity contribution in [1.82, 2.24) is 19.5 Å². The topological polar surface area (TPSA) is 122 Å². The molecule has 1 saturated heterocycles. The zero-order valence-corrected chi connectivity index (χ0v) is 38.9. The van der Waals surface area contributed by atoms with E-state index in [0.29, 0.717) is 32.9 Å². The second kappa shape index (κ2) is 17.4. The maximum Gasteiger partial charge on any atom is 0.233 e. The summed E-state index contributed by atoms with van der Waals surface area (Å²) in [5.74, 6) is 1.37. The fraction of sp³-hybridized carbons (Fsp3) is 0.455. The lowest BCUT2D eigenvalue weighted by molar-refractivity contribution is -0.144. The number of imidazole rings is 1. The first-order chi connectivity index (χ1) is 27.9. The first-order valence-electron chi connectivity index (χ1n) is 19.7. The molecule has 6 rings (SSSR count). The van der Waals surface area contributed by atoms with Gasteiger partial charge in [-0.3, -0.25) is 14.7 Å². The average Bonchev–Trinajstić information content (AvgIpc) is 3.75. The lowest BCUT2D eigenvalue weighted by Crippen LogP contribution is -2.56. The summed E-state index contributed by atoms with van der Waals surface area (Å²) >= 11 is 2.26. The Labute approximate surface area is 361 Å². The number of aromatic nitrogens is 4. The smallest absolute Gasteiger partial charge is 0.233 e. The number of fused-ring (bicyclic) bond motifs is 1. The SMILES string of the molecule is COc1ccc(C(OC[C@@]2(CI)O[C@@H](n3cnc4c(N(C)C)nc(NC(=O)C(C)C)nc43)[C@@H](F)[C@@H]2O[Si](C)(C)C(C)(C)C)(c2ccccc2)c2ccc(OC)cc2)cc1. The molecule has 59 heavy (non-hydrogen) atoms. The number of carbonyl (C=O) groups is 1. The fourth-order valence-corrected chi connectivity index (χ4v) is 9.13. The van der Waals surface area contributed by atoms with E-state index in [-0.39, 0.29) is 29.4 Å². The minimum atomic E-state index is -2.65. The van der Waals surface area contributed by atoms with Gasteiger partial charge in [0.2, 0.25) is 11.9 Å². The van der Waals surface area contributed by atoms with Gasteiger partial charge >= 0.3 is 0 Å². The van der Waals surface area contributed by atoms with Crippen molar-refractivity contribution in [2.24, 2.45) is 5.92 Å². The van der Waals surface area contributed by atoms with Gasteiger partial charge < -0.3 is 28.3 Å². The molecular weight excluding hydrogens is 883 g/mol. The molecule has 2 aromatic heterocycles. The minimum absolute atomic E-state index is 0.0701. The van der Waals surface area contributed by atoms with E-state index in [4.69, 9.17) is 28.4 Å². The van der Waals surface area contributed by atoms with Gasteiger partial charge in [0.15, 0.2) is 37.7 Å². The van der Waals surface area contributed by atoms with Crippen LogP contribution in [0.2, 0.25) is 18.1 Å². The van der Waals surface area contributed by atoms with E-state index in [1.54, 1.807) is 37.5 Å². The van der Waals surface area contributed by atoms with Crippen LogP contribution in [-0.4, -0.2) is 91.0 Å². The summed E-state index contributed by atoms with van der Waals surface area (Å²) in [6.45, 7) is 14.1. The van der Waals surface area contributed by atoms with Gasteiger partial charge in [-0.15, -0.1) is 0 Å². The van der Waals surface area contributed by atoms with Crippen LogP contribution in [0.15, 0.2) is 85.2 Å². The molecule has 0 unspecified atom stereocenters. The third-order valence-corrected chi connectivity index (χ3v) is 17.2. The fourth-order valence-electron chi connectivity index (χ4n) is 6.97. The Morgan fingerprint density at radius 3 is 2.00 bits per heavy atom. The number of halogens is 2. The van der Waals surface area contributed by atoms with Crippen LogP contribution in [0.5, 0.6) is 11.5 Å². The Morgan fingerprint density at radius 1 is 0.949 bits per heavy atom. The molecule has 12 nitrogen and oxygen atoms in total. The van der Waals surface area contributed by atoms with Crippen molar-refractivity contribution in [1.29, 1.82) is 0 Å². The average molecular weight is 939 g/mol. The summed E-state index contributed by atoms with van der Waals surface area (Å²) in [5, 5.41) is 2.56. The molecule has 15 heteroatoms. The molecule has 0 radical (unpaired) electrons. The molecule has 5 aromatic rings. The lowest BCUT2D eigenvalue weighted by Gasteiger charge is -2.44. The van der Waals surface area contributed by atoms with E-state index in [2.05, 4.69) is 71.7 Å². The Balaban J connectivity index is 1.53. The van der Waals surface area contributed by atoms with Crippen LogP contribution in [-0.2, 0) is 24.3 Å². The van der Waals surface area contributed by atoms with Gasteiger partial charge in [0.25, 0.3) is 0 Å². The van der Waals surface area contributed by atoms with E-state index >= 15 is 4.39 Å². The number of anilines is 2. The van der Waals surface area contributed by atoms with Crippen molar-refractivity contribution in [3.63, 3.8) is 0 Å². The second-order valence-corrected chi connectivity index (χ2v) is 22.5. The van der Waals surface area contributed by atoms with Gasteiger partial charge in [0.05, 0.1) is 27.2 Å². The quantitative estimate of drug-likeness (QED) is 0.0472. The van der Waals surface area contributed by atoms with Gasteiger partial charge in [0, 0.05) is 24.4 Å². The highest BCUT2D eigenvalue weighted by atomic mass is 127. The molecule has 1 aliphatic heterocycles. The summed E-state index contributed by atoms with van der Waals surface area (Å²) in [4.78, 5) is 28.6. The molecule has 3 heterocycles. The third-order valence-electron chi connectivity index (χ3n) is 11.5. The Hall–Kier alpha value is -4.16. The Bertz CT molecular complexity index is 2170. The number of hydrogen-bond acceptors (Lipinski definition) is 10. The first-order valence-corrected chi connectivity index (χ1v) is 24.1. The molecule has 0 aliphatic carbocycles. The van der Waals surface area contributed by atoms with Crippen LogP contribution in [0.1, 0.15) is 57.5 Å². The number of alkyl halides is 2. The third kappa shape index (κ3) is 8.58. The molecule has 1 N–H and O–H groups in total. The maximum absolute atomic E-state index is 17.9. The summed E-state index contributed by atoms with van der Waals surface area (Å²) in [6, 6.07) is 25.5. The maximum atomic E-state index is 17.9. The highest BCUT2D eigenvalue weighted by molar-refractivity contribution is 14.1.